The fraction of sp³-hybridized carbons (Fsp3) is 0.0833. The molecular weight excluding hydrogens is 208 g/mol. The van der Waals surface area contributed by atoms with E-state index in [2.05, 4.69) is 0 Å². The number of thiophene rings is 1. The van der Waals surface area contributed by atoms with Crippen LogP contribution in [0.4, 0.5) is 0 Å². The first-order valence-electron chi connectivity index (χ1n) is 4.58. The van der Waals surface area contributed by atoms with E-state index in [0.717, 1.165) is 27.5 Å². The van der Waals surface area contributed by atoms with E-state index >= 15 is 0 Å². The van der Waals surface area contributed by atoms with Gasteiger partial charge in [-0.1, -0.05) is 29.5 Å². The summed E-state index contributed by atoms with van der Waals surface area (Å²) in [5.41, 5.74) is 0.959. The van der Waals surface area contributed by atoms with Crippen LogP contribution < -0.4 is 4.74 Å². The van der Waals surface area contributed by atoms with Crippen LogP contribution in [0.2, 0.25) is 0 Å². The van der Waals surface area contributed by atoms with Gasteiger partial charge < -0.3 is 4.74 Å². The minimum absolute atomic E-state index is 0.723. The number of rotatable bonds is 3. The van der Waals surface area contributed by atoms with Gasteiger partial charge in [-0.05, 0) is 30.7 Å². The van der Waals surface area contributed by atoms with Crippen molar-refractivity contribution in [3.8, 4) is 10.8 Å². The third-order valence-electron chi connectivity index (χ3n) is 2.00. The van der Waals surface area contributed by atoms with Gasteiger partial charge in [-0.25, -0.2) is 0 Å². The molecule has 15 heavy (non-hydrogen) atoms. The van der Waals surface area contributed by atoms with Crippen molar-refractivity contribution >= 4 is 17.6 Å². The van der Waals surface area contributed by atoms with Crippen molar-refractivity contribution in [1.82, 2.24) is 0 Å². The van der Waals surface area contributed by atoms with Crippen LogP contribution in [0.25, 0.3) is 0 Å². The summed E-state index contributed by atoms with van der Waals surface area (Å²) in [5.74, 6) is 0.788. The summed E-state index contributed by atoms with van der Waals surface area (Å²) in [4.78, 5) is 11.4. The molecule has 0 fully saturated rings. The third-order valence-corrected chi connectivity index (χ3v) is 3.04. The summed E-state index contributed by atoms with van der Waals surface area (Å²) in [6.45, 7) is 1.90. The molecule has 0 aliphatic heterocycles. The number of ether oxygens (including phenoxy) is 1. The monoisotopic (exact) mass is 218 g/mol. The zero-order chi connectivity index (χ0) is 10.7. The lowest BCUT2D eigenvalue weighted by Gasteiger charge is -2.00. The minimum atomic E-state index is 0.723. The van der Waals surface area contributed by atoms with Gasteiger partial charge >= 0.3 is 0 Å². The topological polar surface area (TPSA) is 26.3 Å². The Balaban J connectivity index is 2.21. The summed E-state index contributed by atoms with van der Waals surface area (Å²) < 4.78 is 5.60. The van der Waals surface area contributed by atoms with Crippen LogP contribution in [0.5, 0.6) is 10.8 Å². The molecule has 76 valence electrons. The lowest BCUT2D eigenvalue weighted by molar-refractivity contribution is 0.112. The molecule has 2 rings (SSSR count). The highest BCUT2D eigenvalue weighted by Crippen LogP contribution is 2.31. The van der Waals surface area contributed by atoms with Gasteiger partial charge in [-0.3, -0.25) is 4.79 Å². The Morgan fingerprint density at radius 3 is 2.60 bits per heavy atom. The molecule has 0 unspecified atom stereocenters. The van der Waals surface area contributed by atoms with Crippen molar-refractivity contribution in [2.24, 2.45) is 0 Å². The van der Waals surface area contributed by atoms with Crippen LogP contribution in [0.3, 0.4) is 0 Å². The molecule has 0 saturated carbocycles. The van der Waals surface area contributed by atoms with E-state index < -0.39 is 0 Å². The second kappa shape index (κ2) is 4.28. The molecule has 0 radical (unpaired) electrons. The highest BCUT2D eigenvalue weighted by atomic mass is 32.1. The summed E-state index contributed by atoms with van der Waals surface area (Å²) in [5, 5.41) is 0.751. The van der Waals surface area contributed by atoms with Crippen molar-refractivity contribution in [2.45, 2.75) is 6.92 Å². The van der Waals surface area contributed by atoms with Crippen molar-refractivity contribution in [3.05, 3.63) is 46.8 Å². The number of carbonyl (C=O) groups excluding carboxylic acids is 1. The zero-order valence-electron chi connectivity index (χ0n) is 8.27. The molecular formula is C12H10O2S. The molecule has 1 aromatic heterocycles. The van der Waals surface area contributed by atoms with Crippen LogP contribution in [0.1, 0.15) is 15.2 Å². The highest BCUT2D eigenvalue weighted by molar-refractivity contribution is 7.15. The van der Waals surface area contributed by atoms with E-state index in [-0.39, 0.29) is 0 Å². The Morgan fingerprint density at radius 1 is 1.27 bits per heavy atom. The number of aryl methyl sites for hydroxylation is 1. The average molecular weight is 218 g/mol. The van der Waals surface area contributed by atoms with Gasteiger partial charge in [0.05, 0.1) is 4.88 Å². The van der Waals surface area contributed by atoms with Crippen molar-refractivity contribution in [3.63, 3.8) is 0 Å². The second-order valence-electron chi connectivity index (χ2n) is 3.15. The summed E-state index contributed by atoms with van der Waals surface area (Å²) >= 11 is 1.36. The van der Waals surface area contributed by atoms with Crippen LogP contribution in [0, 0.1) is 6.92 Å². The predicted molar refractivity (Wildman–Crippen MR) is 61.0 cm³/mol. The SMILES string of the molecule is Cc1cc(Oc2ccccc2)sc1C=O. The first kappa shape index (κ1) is 9.93. The quantitative estimate of drug-likeness (QED) is 0.735. The van der Waals surface area contributed by atoms with E-state index in [1.165, 1.54) is 11.3 Å². The number of para-hydroxylation sites is 1. The number of carbonyl (C=O) groups is 1. The Labute approximate surface area is 92.1 Å². The molecule has 2 nitrogen and oxygen atoms in total. The molecule has 0 saturated heterocycles. The Bertz CT molecular complexity index is 460. The van der Waals surface area contributed by atoms with E-state index in [1.54, 1.807) is 0 Å². The molecule has 0 bridgehead atoms. The summed E-state index contributed by atoms with van der Waals surface area (Å²) in [6, 6.07) is 11.4. The lowest BCUT2D eigenvalue weighted by Crippen LogP contribution is -1.78. The standard InChI is InChI=1S/C12H10O2S/c1-9-7-12(15-11(9)8-13)14-10-5-3-2-4-6-10/h2-8H,1H3. The first-order valence-corrected chi connectivity index (χ1v) is 5.40. The maximum Gasteiger partial charge on any atom is 0.181 e. The molecule has 0 atom stereocenters. The molecule has 3 heteroatoms. The molecule has 1 heterocycles. The van der Waals surface area contributed by atoms with Gasteiger partial charge in [0.15, 0.2) is 11.3 Å². The maximum atomic E-state index is 10.6. The molecule has 0 aliphatic carbocycles. The Morgan fingerprint density at radius 2 is 2.00 bits per heavy atom. The number of aldehydes is 1. The molecule has 0 spiro atoms. The van der Waals surface area contributed by atoms with Gasteiger partial charge in [0.25, 0.3) is 0 Å². The minimum Gasteiger partial charge on any atom is -0.447 e. The average Bonchev–Trinajstić information content (AvgIpc) is 2.60. The Hall–Kier alpha value is -1.61. The lowest BCUT2D eigenvalue weighted by atomic mass is 10.3. The molecule has 0 aliphatic rings. The van der Waals surface area contributed by atoms with Gasteiger partial charge in [0, 0.05) is 0 Å². The van der Waals surface area contributed by atoms with Crippen molar-refractivity contribution in [2.75, 3.05) is 0 Å². The van der Waals surface area contributed by atoms with Crippen LogP contribution in [-0.2, 0) is 0 Å². The molecule has 0 amide bonds. The third kappa shape index (κ3) is 2.25. The van der Waals surface area contributed by atoms with Gasteiger partial charge in [-0.15, -0.1) is 0 Å². The van der Waals surface area contributed by atoms with Crippen molar-refractivity contribution < 1.29 is 9.53 Å². The number of hydrogen-bond acceptors (Lipinski definition) is 3. The number of hydrogen-bond donors (Lipinski definition) is 0. The smallest absolute Gasteiger partial charge is 0.181 e. The van der Waals surface area contributed by atoms with Gasteiger partial charge in [0.1, 0.15) is 5.75 Å². The van der Waals surface area contributed by atoms with Gasteiger partial charge in [0.2, 0.25) is 0 Å². The summed E-state index contributed by atoms with van der Waals surface area (Å²) in [7, 11) is 0. The van der Waals surface area contributed by atoms with Crippen molar-refractivity contribution in [1.29, 1.82) is 0 Å². The molecule has 2 aromatic rings. The predicted octanol–water partition coefficient (Wildman–Crippen LogP) is 3.66. The highest BCUT2D eigenvalue weighted by Gasteiger charge is 2.05. The van der Waals surface area contributed by atoms with E-state index in [4.69, 9.17) is 4.74 Å². The fourth-order valence-electron chi connectivity index (χ4n) is 1.24. The number of benzene rings is 1. The fourth-order valence-corrected chi connectivity index (χ4v) is 2.10. The Kier molecular flexibility index (Phi) is 2.83. The van der Waals surface area contributed by atoms with Gasteiger partial charge in [-0.2, -0.15) is 0 Å². The molecule has 0 N–H and O–H groups in total. The zero-order valence-corrected chi connectivity index (χ0v) is 9.08. The first-order chi connectivity index (χ1) is 7.29. The van der Waals surface area contributed by atoms with Crippen LogP contribution in [-0.4, -0.2) is 6.29 Å². The summed E-state index contributed by atoms with van der Waals surface area (Å²) in [6.07, 6.45) is 0.859. The van der Waals surface area contributed by atoms with E-state index in [0.29, 0.717) is 0 Å². The van der Waals surface area contributed by atoms with Crippen LogP contribution in [0.15, 0.2) is 36.4 Å². The molecule has 1 aromatic carbocycles. The largest absolute Gasteiger partial charge is 0.447 e. The second-order valence-corrected chi connectivity index (χ2v) is 4.19. The normalized spacial score (nSPS) is 9.93. The van der Waals surface area contributed by atoms with E-state index in [9.17, 15) is 4.79 Å². The maximum absolute atomic E-state index is 10.6. The van der Waals surface area contributed by atoms with Crippen LogP contribution >= 0.6 is 11.3 Å². The van der Waals surface area contributed by atoms with E-state index in [1.807, 2.05) is 43.3 Å².